The Morgan fingerprint density at radius 1 is 1.33 bits per heavy atom. The van der Waals surface area contributed by atoms with Crippen LogP contribution < -0.4 is 14.8 Å². The van der Waals surface area contributed by atoms with Gasteiger partial charge in [0.2, 0.25) is 0 Å². The highest BCUT2D eigenvalue weighted by Gasteiger charge is 2.09. The number of benzene rings is 1. The lowest BCUT2D eigenvalue weighted by Gasteiger charge is -2.13. The Morgan fingerprint density at radius 2 is 1.94 bits per heavy atom. The van der Waals surface area contributed by atoms with Gasteiger partial charge in [-0.2, -0.15) is 0 Å². The van der Waals surface area contributed by atoms with Crippen LogP contribution >= 0.6 is 0 Å². The van der Waals surface area contributed by atoms with E-state index in [1.807, 2.05) is 31.2 Å². The maximum atomic E-state index is 10.6. The number of rotatable bonds is 8. The molecule has 0 heterocycles. The Hall–Kier alpha value is -1.75. The molecule has 5 nitrogen and oxygen atoms in total. The molecular weight excluding hydrogens is 234 g/mol. The molecule has 0 fully saturated rings. The van der Waals surface area contributed by atoms with Crippen LogP contribution in [0.15, 0.2) is 24.3 Å². The lowest BCUT2D eigenvalue weighted by molar-refractivity contribution is -0.139. The van der Waals surface area contributed by atoms with E-state index in [0.29, 0.717) is 31.3 Å². The van der Waals surface area contributed by atoms with Gasteiger partial charge in [0.15, 0.2) is 11.5 Å². The molecule has 0 saturated carbocycles. The van der Waals surface area contributed by atoms with E-state index >= 15 is 0 Å². The summed E-state index contributed by atoms with van der Waals surface area (Å²) in [6, 6.07) is 6.83. The van der Waals surface area contributed by atoms with Crippen LogP contribution in [0.3, 0.4) is 0 Å². The van der Waals surface area contributed by atoms with Crippen molar-refractivity contribution in [3.05, 3.63) is 24.3 Å². The van der Waals surface area contributed by atoms with Crippen molar-refractivity contribution in [2.24, 2.45) is 0 Å². The maximum absolute atomic E-state index is 10.6. The van der Waals surface area contributed by atoms with Crippen molar-refractivity contribution in [3.63, 3.8) is 0 Å². The molecule has 1 rings (SSSR count). The number of para-hydroxylation sites is 2. The van der Waals surface area contributed by atoms with E-state index in [1.54, 1.807) is 6.92 Å². The Labute approximate surface area is 107 Å². The van der Waals surface area contributed by atoms with Gasteiger partial charge in [-0.3, -0.25) is 4.79 Å². The van der Waals surface area contributed by atoms with E-state index in [0.717, 1.165) is 0 Å². The second-order valence-electron chi connectivity index (χ2n) is 3.74. The van der Waals surface area contributed by atoms with Gasteiger partial charge in [-0.1, -0.05) is 12.1 Å². The van der Waals surface area contributed by atoms with Crippen molar-refractivity contribution in [2.75, 3.05) is 19.8 Å². The van der Waals surface area contributed by atoms with Crippen molar-refractivity contribution in [3.8, 4) is 11.5 Å². The fourth-order valence-corrected chi connectivity index (χ4v) is 1.37. The fourth-order valence-electron chi connectivity index (χ4n) is 1.37. The van der Waals surface area contributed by atoms with Gasteiger partial charge < -0.3 is 19.9 Å². The molecule has 0 aliphatic carbocycles. The van der Waals surface area contributed by atoms with E-state index in [2.05, 4.69) is 5.32 Å². The van der Waals surface area contributed by atoms with E-state index in [-0.39, 0.29) is 0 Å². The van der Waals surface area contributed by atoms with Crippen LogP contribution in [0.5, 0.6) is 11.5 Å². The number of hydrogen-bond acceptors (Lipinski definition) is 4. The van der Waals surface area contributed by atoms with Crippen molar-refractivity contribution in [1.82, 2.24) is 5.32 Å². The van der Waals surface area contributed by atoms with Gasteiger partial charge in [-0.05, 0) is 26.0 Å². The molecule has 0 saturated heterocycles. The molecule has 1 aromatic carbocycles. The smallest absolute Gasteiger partial charge is 0.320 e. The molecule has 0 bridgehead atoms. The molecule has 1 atom stereocenters. The van der Waals surface area contributed by atoms with Crippen LogP contribution in [0.1, 0.15) is 13.8 Å². The molecule has 0 spiro atoms. The average molecular weight is 253 g/mol. The van der Waals surface area contributed by atoms with E-state index in [9.17, 15) is 4.79 Å². The standard InChI is InChI=1S/C13H19NO4/c1-3-17-11-6-4-5-7-12(11)18-9-8-14-10(2)13(15)16/h4-7,10,14H,3,8-9H2,1-2H3,(H,15,16). The number of aliphatic carboxylic acids is 1. The van der Waals surface area contributed by atoms with Crippen LogP contribution in [0.4, 0.5) is 0 Å². The molecule has 1 unspecified atom stereocenters. The molecule has 0 aliphatic rings. The Kier molecular flexibility index (Phi) is 6.00. The number of nitrogens with one attached hydrogen (secondary N) is 1. The molecule has 0 aliphatic heterocycles. The number of ether oxygens (including phenoxy) is 2. The van der Waals surface area contributed by atoms with E-state index in [1.165, 1.54) is 0 Å². The number of hydrogen-bond donors (Lipinski definition) is 2. The number of carboxylic acids is 1. The Balaban J connectivity index is 2.37. The van der Waals surface area contributed by atoms with Gasteiger partial charge in [0, 0.05) is 6.54 Å². The second kappa shape index (κ2) is 7.55. The average Bonchev–Trinajstić information content (AvgIpc) is 2.36. The highest BCUT2D eigenvalue weighted by atomic mass is 16.5. The van der Waals surface area contributed by atoms with Crippen LogP contribution in [-0.2, 0) is 4.79 Å². The van der Waals surface area contributed by atoms with Crippen LogP contribution in [0, 0.1) is 0 Å². The minimum Gasteiger partial charge on any atom is -0.490 e. The zero-order valence-corrected chi connectivity index (χ0v) is 10.7. The zero-order valence-electron chi connectivity index (χ0n) is 10.7. The van der Waals surface area contributed by atoms with Gasteiger partial charge in [-0.15, -0.1) is 0 Å². The Bertz CT molecular complexity index is 381. The van der Waals surface area contributed by atoms with Crippen molar-refractivity contribution in [2.45, 2.75) is 19.9 Å². The summed E-state index contributed by atoms with van der Waals surface area (Å²) in [4.78, 5) is 10.6. The third-order valence-electron chi connectivity index (χ3n) is 2.33. The summed E-state index contributed by atoms with van der Waals surface area (Å²) in [5, 5.41) is 11.5. The van der Waals surface area contributed by atoms with Crippen LogP contribution in [0.25, 0.3) is 0 Å². The highest BCUT2D eigenvalue weighted by Crippen LogP contribution is 2.25. The first-order valence-corrected chi connectivity index (χ1v) is 5.96. The first-order chi connectivity index (χ1) is 8.65. The summed E-state index contributed by atoms with van der Waals surface area (Å²) < 4.78 is 11.0. The number of carboxylic acid groups (broad SMARTS) is 1. The van der Waals surface area contributed by atoms with Crippen LogP contribution in [-0.4, -0.2) is 36.9 Å². The van der Waals surface area contributed by atoms with Gasteiger partial charge >= 0.3 is 5.97 Å². The predicted octanol–water partition coefficient (Wildman–Crippen LogP) is 1.53. The predicted molar refractivity (Wildman–Crippen MR) is 68.2 cm³/mol. The Morgan fingerprint density at radius 3 is 2.50 bits per heavy atom. The molecule has 2 N–H and O–H groups in total. The molecule has 0 amide bonds. The summed E-state index contributed by atoms with van der Waals surface area (Å²) in [6.45, 7) is 4.94. The van der Waals surface area contributed by atoms with Crippen molar-refractivity contribution in [1.29, 1.82) is 0 Å². The SMILES string of the molecule is CCOc1ccccc1OCCNC(C)C(=O)O. The summed E-state index contributed by atoms with van der Waals surface area (Å²) in [5.74, 6) is 0.500. The molecule has 0 radical (unpaired) electrons. The lowest BCUT2D eigenvalue weighted by atomic mass is 10.3. The quantitative estimate of drug-likeness (QED) is 0.688. The maximum Gasteiger partial charge on any atom is 0.320 e. The summed E-state index contributed by atoms with van der Waals surface area (Å²) >= 11 is 0. The zero-order chi connectivity index (χ0) is 13.4. The first kappa shape index (κ1) is 14.3. The largest absolute Gasteiger partial charge is 0.490 e. The molecule has 100 valence electrons. The third kappa shape index (κ3) is 4.63. The molecular formula is C13H19NO4. The molecule has 1 aromatic rings. The fraction of sp³-hybridized carbons (Fsp3) is 0.462. The minimum atomic E-state index is -0.871. The second-order valence-corrected chi connectivity index (χ2v) is 3.74. The van der Waals surface area contributed by atoms with E-state index in [4.69, 9.17) is 14.6 Å². The van der Waals surface area contributed by atoms with Gasteiger partial charge in [0.05, 0.1) is 6.61 Å². The van der Waals surface area contributed by atoms with Gasteiger partial charge in [0.1, 0.15) is 12.6 Å². The molecule has 18 heavy (non-hydrogen) atoms. The first-order valence-electron chi connectivity index (χ1n) is 5.96. The van der Waals surface area contributed by atoms with Gasteiger partial charge in [-0.25, -0.2) is 0 Å². The normalized spacial score (nSPS) is 11.9. The van der Waals surface area contributed by atoms with Crippen molar-refractivity contribution >= 4 is 5.97 Å². The topological polar surface area (TPSA) is 67.8 Å². The molecule has 5 heteroatoms. The van der Waals surface area contributed by atoms with Gasteiger partial charge in [0.25, 0.3) is 0 Å². The minimum absolute atomic E-state index is 0.391. The summed E-state index contributed by atoms with van der Waals surface area (Å²) in [6.07, 6.45) is 0. The summed E-state index contributed by atoms with van der Waals surface area (Å²) in [7, 11) is 0. The van der Waals surface area contributed by atoms with Crippen LogP contribution in [0.2, 0.25) is 0 Å². The lowest BCUT2D eigenvalue weighted by Crippen LogP contribution is -2.36. The highest BCUT2D eigenvalue weighted by molar-refractivity contribution is 5.72. The summed E-state index contributed by atoms with van der Waals surface area (Å²) in [5.41, 5.74) is 0. The third-order valence-corrected chi connectivity index (χ3v) is 2.33. The monoisotopic (exact) mass is 253 g/mol. The number of carbonyl (C=O) groups is 1. The van der Waals surface area contributed by atoms with Crippen molar-refractivity contribution < 1.29 is 19.4 Å². The molecule has 0 aromatic heterocycles. The van der Waals surface area contributed by atoms with E-state index < -0.39 is 12.0 Å².